The van der Waals surface area contributed by atoms with E-state index in [9.17, 15) is 19.8 Å². The Balaban J connectivity index is -0.000000329. The quantitative estimate of drug-likeness (QED) is 0.0686. The maximum Gasteiger partial charge on any atom is 0.305 e. The van der Waals surface area contributed by atoms with Crippen LogP contribution in [0.5, 0.6) is 0 Å². The lowest BCUT2D eigenvalue weighted by Gasteiger charge is -2.25. The molecule has 0 aromatic carbocycles. The van der Waals surface area contributed by atoms with Crippen LogP contribution >= 0.6 is 0 Å². The number of aldehydes is 1. The van der Waals surface area contributed by atoms with Crippen LogP contribution in [0.2, 0.25) is 0 Å². The Morgan fingerprint density at radius 3 is 2.07 bits per heavy atom. The van der Waals surface area contributed by atoms with E-state index in [0.717, 1.165) is 32.2 Å². The molecule has 0 aliphatic heterocycles. The minimum Gasteiger partial charge on any atom is -0.466 e. The van der Waals surface area contributed by atoms with Crippen LogP contribution in [0, 0.1) is 11.8 Å². The maximum absolute atomic E-state index is 11.8. The lowest BCUT2D eigenvalue weighted by molar-refractivity contribution is -0.144. The molecule has 0 saturated heterocycles. The first kappa shape index (κ1) is 46.0. The van der Waals surface area contributed by atoms with Crippen molar-refractivity contribution >= 4 is 12.3 Å². The van der Waals surface area contributed by atoms with Crippen molar-refractivity contribution in [1.29, 1.82) is 0 Å². The Morgan fingerprint density at radius 1 is 0.976 bits per heavy atom. The molecule has 0 saturated carbocycles. The number of carbonyl (C=O) groups excluding carboxylic acids is 2. The van der Waals surface area contributed by atoms with Crippen molar-refractivity contribution in [3.05, 3.63) is 48.6 Å². The van der Waals surface area contributed by atoms with E-state index in [1.807, 2.05) is 39.8 Å². The lowest BCUT2D eigenvalue weighted by atomic mass is 9.81. The van der Waals surface area contributed by atoms with Gasteiger partial charge in [0.2, 0.25) is 0 Å². The van der Waals surface area contributed by atoms with Crippen molar-refractivity contribution < 1.29 is 29.3 Å². The molecule has 0 radical (unpaired) electrons. The molecule has 242 valence electrons. The number of unbranched alkanes of at least 4 members (excludes halogenated alkanes) is 1. The molecule has 41 heavy (non-hydrogen) atoms. The van der Waals surface area contributed by atoms with Crippen molar-refractivity contribution in [3.8, 4) is 0 Å². The second kappa shape index (κ2) is 42.4. The Bertz CT molecular complexity index is 624. The number of esters is 1. The van der Waals surface area contributed by atoms with Gasteiger partial charge in [0.1, 0.15) is 6.29 Å². The molecule has 0 aromatic rings. The van der Waals surface area contributed by atoms with Gasteiger partial charge in [0.05, 0.1) is 13.2 Å². The summed E-state index contributed by atoms with van der Waals surface area (Å²) in [6.45, 7) is 17.2. The zero-order valence-corrected chi connectivity index (χ0v) is 27.7. The fourth-order valence-corrected chi connectivity index (χ4v) is 3.87. The van der Waals surface area contributed by atoms with Gasteiger partial charge in [-0.25, -0.2) is 0 Å². The summed E-state index contributed by atoms with van der Waals surface area (Å²) in [7, 11) is 1.74. The van der Waals surface area contributed by atoms with Gasteiger partial charge in [-0.2, -0.15) is 0 Å². The van der Waals surface area contributed by atoms with Crippen LogP contribution in [0.4, 0.5) is 0 Å². The summed E-state index contributed by atoms with van der Waals surface area (Å²) in [4.78, 5) is 22.4. The molecule has 0 aromatic heterocycles. The molecule has 2 N–H and O–H groups in total. The second-order valence-electron chi connectivity index (χ2n) is 9.06. The van der Waals surface area contributed by atoms with Crippen molar-refractivity contribution in [3.63, 3.8) is 0 Å². The van der Waals surface area contributed by atoms with E-state index in [2.05, 4.69) is 38.7 Å². The first-order chi connectivity index (χ1) is 20.0. The molecule has 2 atom stereocenters. The van der Waals surface area contributed by atoms with Gasteiger partial charge in [-0.3, -0.25) is 4.79 Å². The van der Waals surface area contributed by atoms with Crippen molar-refractivity contribution in [1.82, 2.24) is 0 Å². The van der Waals surface area contributed by atoms with Gasteiger partial charge in [-0.15, -0.1) is 0 Å². The fourth-order valence-electron chi connectivity index (χ4n) is 3.87. The van der Waals surface area contributed by atoms with E-state index in [1.165, 1.54) is 24.8 Å². The highest BCUT2D eigenvalue weighted by Crippen LogP contribution is 2.28. The van der Waals surface area contributed by atoms with Gasteiger partial charge in [0.25, 0.3) is 0 Å². The zero-order valence-electron chi connectivity index (χ0n) is 27.7. The van der Waals surface area contributed by atoms with Crippen molar-refractivity contribution in [2.24, 2.45) is 11.8 Å². The number of methoxy groups -OCH3 is 1. The molecule has 0 heterocycles. The largest absolute Gasteiger partial charge is 0.466 e. The van der Waals surface area contributed by atoms with E-state index < -0.39 is 0 Å². The summed E-state index contributed by atoms with van der Waals surface area (Å²) < 4.78 is 10.2. The summed E-state index contributed by atoms with van der Waals surface area (Å²) >= 11 is 0. The number of ether oxygens (including phenoxy) is 2. The summed E-state index contributed by atoms with van der Waals surface area (Å²) in [6.07, 6.45) is 22.7. The molecular formula is C35H66O6. The lowest BCUT2D eigenvalue weighted by Crippen LogP contribution is -2.20. The van der Waals surface area contributed by atoms with Gasteiger partial charge in [-0.1, -0.05) is 96.6 Å². The van der Waals surface area contributed by atoms with Gasteiger partial charge in [-0.05, 0) is 69.6 Å². The standard InChI is InChI=1S/C19H32O5.C9H14O.C3H8.2C2H6/c1-2-3-4-5-6-16-24-19(23)10-9-18(12-15-22)17(11-14-21)8-7-13-20;1-10-8-7-9-5-3-2-4-6-9;1-3-2;2*1-2/h2-4,13,17-18,21-22H,1,5-12,14-16H2;3,5-6H,2,4,7-8H2,1H3;3H2,1-2H3;2*1-2H3/b4-3-;;;;. The molecule has 1 aliphatic carbocycles. The molecular weight excluding hydrogens is 516 g/mol. The third-order valence-corrected chi connectivity index (χ3v) is 5.76. The normalized spacial score (nSPS) is 12.9. The summed E-state index contributed by atoms with van der Waals surface area (Å²) in [5.74, 6) is 0.0261. The van der Waals surface area contributed by atoms with Gasteiger partial charge in [0.15, 0.2) is 0 Å². The minimum atomic E-state index is -0.233. The molecule has 0 fully saturated rings. The number of allylic oxidation sites excluding steroid dienone is 6. The SMILES string of the molecule is C=C/C=C\CCCOC(=O)CCC(CCO)C(CCO)CCC=O.CC.CC.CCC.COCCC1=CCCC=C1. The molecule has 1 aliphatic rings. The molecule has 0 amide bonds. The summed E-state index contributed by atoms with van der Waals surface area (Å²) in [6, 6.07) is 0. The highest BCUT2D eigenvalue weighted by molar-refractivity contribution is 5.69. The van der Waals surface area contributed by atoms with E-state index in [-0.39, 0.29) is 31.0 Å². The minimum absolute atomic E-state index is 0.0400. The number of aliphatic hydroxyl groups excluding tert-OH is 2. The van der Waals surface area contributed by atoms with Crippen molar-refractivity contribution in [2.45, 2.75) is 119 Å². The van der Waals surface area contributed by atoms with Gasteiger partial charge < -0.3 is 24.5 Å². The first-order valence-corrected chi connectivity index (χ1v) is 16.0. The van der Waals surface area contributed by atoms with Crippen LogP contribution in [-0.2, 0) is 19.1 Å². The van der Waals surface area contributed by atoms with Crippen LogP contribution in [-0.4, -0.2) is 56.0 Å². The number of hydrogen-bond acceptors (Lipinski definition) is 6. The number of hydrogen-bond donors (Lipinski definition) is 2. The summed E-state index contributed by atoms with van der Waals surface area (Å²) in [5, 5.41) is 18.4. The van der Waals surface area contributed by atoms with E-state index in [0.29, 0.717) is 45.1 Å². The number of aliphatic hydroxyl groups is 2. The van der Waals surface area contributed by atoms with Gasteiger partial charge >= 0.3 is 5.97 Å². The topological polar surface area (TPSA) is 93.1 Å². The van der Waals surface area contributed by atoms with Crippen molar-refractivity contribution in [2.75, 3.05) is 33.5 Å². The van der Waals surface area contributed by atoms with Crippen LogP contribution in [0.15, 0.2) is 48.6 Å². The van der Waals surface area contributed by atoms with Crippen LogP contribution < -0.4 is 0 Å². The van der Waals surface area contributed by atoms with E-state index >= 15 is 0 Å². The van der Waals surface area contributed by atoms with E-state index in [1.54, 1.807) is 13.2 Å². The van der Waals surface area contributed by atoms with Crippen LogP contribution in [0.1, 0.15) is 119 Å². The fraction of sp³-hybridized carbons (Fsp3) is 0.714. The van der Waals surface area contributed by atoms with Gasteiger partial charge in [0, 0.05) is 33.2 Å². The Hall–Kier alpha value is -2.02. The number of rotatable bonds is 19. The Labute approximate surface area is 254 Å². The monoisotopic (exact) mass is 582 g/mol. The average Bonchev–Trinajstić information content (AvgIpc) is 3.01. The number of carbonyl (C=O) groups is 2. The first-order valence-electron chi connectivity index (χ1n) is 16.0. The molecule has 0 spiro atoms. The Morgan fingerprint density at radius 2 is 1.59 bits per heavy atom. The molecule has 6 nitrogen and oxygen atoms in total. The molecule has 6 heteroatoms. The molecule has 0 bridgehead atoms. The highest BCUT2D eigenvalue weighted by Gasteiger charge is 2.21. The maximum atomic E-state index is 11.8. The predicted octanol–water partition coefficient (Wildman–Crippen LogP) is 8.58. The second-order valence-corrected chi connectivity index (χ2v) is 9.06. The average molecular weight is 583 g/mol. The smallest absolute Gasteiger partial charge is 0.305 e. The van der Waals surface area contributed by atoms with E-state index in [4.69, 9.17) is 9.47 Å². The zero-order chi connectivity index (χ0) is 32.0. The Kier molecular flexibility index (Phi) is 47.6. The third-order valence-electron chi connectivity index (χ3n) is 5.76. The van der Waals surface area contributed by atoms with Crippen LogP contribution in [0.3, 0.4) is 0 Å². The highest BCUT2D eigenvalue weighted by atomic mass is 16.5. The predicted molar refractivity (Wildman–Crippen MR) is 176 cm³/mol. The third kappa shape index (κ3) is 36.0. The molecule has 2 unspecified atom stereocenters. The van der Waals surface area contributed by atoms with Crippen LogP contribution in [0.25, 0.3) is 0 Å². The summed E-state index contributed by atoms with van der Waals surface area (Å²) in [5.41, 5.74) is 1.42. The molecule has 1 rings (SSSR count).